The van der Waals surface area contributed by atoms with Gasteiger partial charge in [0.25, 0.3) is 0 Å². The van der Waals surface area contributed by atoms with Crippen LogP contribution in [0.2, 0.25) is 0 Å². The number of carboxylic acid groups (broad SMARTS) is 1. The Hall–Kier alpha value is -1.01. The molecule has 0 aliphatic rings. The Kier molecular flexibility index (Phi) is 3.76. The average molecular weight is 229 g/mol. The number of thioether (sulfide) groups is 1. The first-order valence-electron chi connectivity index (χ1n) is 4.55. The third-order valence-corrected chi connectivity index (χ3v) is 3.01. The number of hydrogen-bond donors (Lipinski definition) is 2. The van der Waals surface area contributed by atoms with Gasteiger partial charge in [-0.25, -0.2) is 0 Å². The summed E-state index contributed by atoms with van der Waals surface area (Å²) in [5, 5.41) is 12.8. The molecule has 1 atom stereocenters. The van der Waals surface area contributed by atoms with Gasteiger partial charge in [-0.05, 0) is 13.3 Å². The van der Waals surface area contributed by atoms with Gasteiger partial charge in [0.2, 0.25) is 0 Å². The zero-order chi connectivity index (χ0) is 11.5. The van der Waals surface area contributed by atoms with Gasteiger partial charge in [0.05, 0.1) is 6.20 Å². The van der Waals surface area contributed by atoms with Crippen LogP contribution in [-0.2, 0) is 11.8 Å². The molecule has 0 saturated heterocycles. The monoisotopic (exact) mass is 229 g/mol. The molecule has 84 valence electrons. The smallest absolute Gasteiger partial charge is 0.323 e. The Labute approximate surface area is 92.6 Å². The lowest BCUT2D eigenvalue weighted by Crippen LogP contribution is -2.45. The number of aliphatic carboxylic acids is 1. The normalized spacial score (nSPS) is 14.9. The Morgan fingerprint density at radius 2 is 2.47 bits per heavy atom. The quantitative estimate of drug-likeness (QED) is 0.726. The Balaban J connectivity index is 2.36. The van der Waals surface area contributed by atoms with E-state index in [9.17, 15) is 4.79 Å². The zero-order valence-electron chi connectivity index (χ0n) is 8.80. The number of hydrogen-bond acceptors (Lipinski definition) is 4. The fraction of sp³-hybridized carbons (Fsp3) is 0.556. The van der Waals surface area contributed by atoms with E-state index in [-0.39, 0.29) is 0 Å². The van der Waals surface area contributed by atoms with Crippen LogP contribution in [0.1, 0.15) is 13.3 Å². The lowest BCUT2D eigenvalue weighted by atomic mass is 10.0. The second kappa shape index (κ2) is 4.67. The van der Waals surface area contributed by atoms with E-state index < -0.39 is 11.5 Å². The van der Waals surface area contributed by atoms with Crippen LogP contribution in [-0.4, -0.2) is 32.1 Å². The molecule has 1 aromatic heterocycles. The van der Waals surface area contributed by atoms with Crippen LogP contribution in [0.4, 0.5) is 0 Å². The first-order chi connectivity index (χ1) is 6.92. The molecule has 1 unspecified atom stereocenters. The minimum atomic E-state index is -1.14. The molecular weight excluding hydrogens is 214 g/mol. The van der Waals surface area contributed by atoms with Gasteiger partial charge in [0.1, 0.15) is 5.54 Å². The predicted molar refractivity (Wildman–Crippen MR) is 58.8 cm³/mol. The van der Waals surface area contributed by atoms with Crippen molar-refractivity contribution in [3.63, 3.8) is 0 Å². The molecule has 15 heavy (non-hydrogen) atoms. The number of aromatic nitrogens is 2. The first kappa shape index (κ1) is 12.1. The maximum Gasteiger partial charge on any atom is 0.323 e. The van der Waals surface area contributed by atoms with E-state index in [1.165, 1.54) is 6.92 Å². The summed E-state index contributed by atoms with van der Waals surface area (Å²) in [6.07, 6.45) is 4.07. The predicted octanol–water partition coefficient (Wildman–Crippen LogP) is 0.704. The minimum absolute atomic E-state index is 0.432. The average Bonchev–Trinajstić information content (AvgIpc) is 2.51. The maximum absolute atomic E-state index is 10.7. The highest BCUT2D eigenvalue weighted by Crippen LogP contribution is 2.20. The van der Waals surface area contributed by atoms with Gasteiger partial charge in [0, 0.05) is 23.9 Å². The second-order valence-electron chi connectivity index (χ2n) is 3.67. The molecule has 6 heteroatoms. The fourth-order valence-electron chi connectivity index (χ4n) is 0.961. The van der Waals surface area contributed by atoms with Crippen molar-refractivity contribution in [3.8, 4) is 0 Å². The molecule has 1 rings (SSSR count). The first-order valence-corrected chi connectivity index (χ1v) is 5.54. The van der Waals surface area contributed by atoms with Crippen LogP contribution in [0, 0.1) is 0 Å². The molecule has 0 amide bonds. The number of carbonyl (C=O) groups is 1. The third-order valence-electron chi connectivity index (χ3n) is 2.06. The van der Waals surface area contributed by atoms with Crippen LogP contribution in [0.15, 0.2) is 17.3 Å². The SMILES string of the molecule is Cn1cc(SCCC(C)(N)C(=O)O)cn1. The molecule has 1 heterocycles. The van der Waals surface area contributed by atoms with Crippen LogP contribution in [0.5, 0.6) is 0 Å². The summed E-state index contributed by atoms with van der Waals surface area (Å²) in [5.74, 6) is -0.292. The molecule has 0 saturated carbocycles. The standard InChI is InChI=1S/C9H15N3O2S/c1-9(10,8(13)14)3-4-15-7-5-11-12(2)6-7/h5-6H,3-4,10H2,1-2H3,(H,13,14). The van der Waals surface area contributed by atoms with Crippen molar-refractivity contribution < 1.29 is 9.90 Å². The summed E-state index contributed by atoms with van der Waals surface area (Å²) in [6, 6.07) is 0. The Morgan fingerprint density at radius 3 is 2.93 bits per heavy atom. The minimum Gasteiger partial charge on any atom is -0.480 e. The van der Waals surface area contributed by atoms with E-state index in [1.54, 1.807) is 22.6 Å². The molecule has 0 aromatic carbocycles. The van der Waals surface area contributed by atoms with E-state index in [0.717, 1.165) is 4.90 Å². The molecule has 5 nitrogen and oxygen atoms in total. The number of rotatable bonds is 5. The second-order valence-corrected chi connectivity index (χ2v) is 4.84. The van der Waals surface area contributed by atoms with Gasteiger partial charge in [-0.3, -0.25) is 9.48 Å². The van der Waals surface area contributed by atoms with Crippen molar-refractivity contribution in [2.75, 3.05) is 5.75 Å². The van der Waals surface area contributed by atoms with Crippen molar-refractivity contribution in [1.82, 2.24) is 9.78 Å². The van der Waals surface area contributed by atoms with Crippen molar-refractivity contribution in [2.24, 2.45) is 12.8 Å². The molecular formula is C9H15N3O2S. The highest BCUT2D eigenvalue weighted by atomic mass is 32.2. The molecule has 1 aromatic rings. The number of aryl methyl sites for hydroxylation is 1. The van der Waals surface area contributed by atoms with Gasteiger partial charge in [-0.2, -0.15) is 5.10 Å². The Morgan fingerprint density at radius 1 is 1.80 bits per heavy atom. The summed E-state index contributed by atoms with van der Waals surface area (Å²) in [7, 11) is 1.84. The summed E-state index contributed by atoms with van der Waals surface area (Å²) in [4.78, 5) is 11.7. The highest BCUT2D eigenvalue weighted by Gasteiger charge is 2.27. The topological polar surface area (TPSA) is 81.1 Å². The highest BCUT2D eigenvalue weighted by molar-refractivity contribution is 7.99. The lowest BCUT2D eigenvalue weighted by molar-refractivity contribution is -0.142. The number of nitrogens with zero attached hydrogens (tertiary/aromatic N) is 2. The molecule has 0 bridgehead atoms. The van der Waals surface area contributed by atoms with Gasteiger partial charge in [0.15, 0.2) is 0 Å². The van der Waals surface area contributed by atoms with Gasteiger partial charge in [-0.1, -0.05) is 0 Å². The van der Waals surface area contributed by atoms with Crippen LogP contribution in [0.3, 0.4) is 0 Å². The van der Waals surface area contributed by atoms with E-state index >= 15 is 0 Å². The van der Waals surface area contributed by atoms with Crippen molar-refractivity contribution in [3.05, 3.63) is 12.4 Å². The van der Waals surface area contributed by atoms with Crippen molar-refractivity contribution >= 4 is 17.7 Å². The molecule has 0 aliphatic carbocycles. The summed E-state index contributed by atoms with van der Waals surface area (Å²) in [6.45, 7) is 1.53. The van der Waals surface area contributed by atoms with E-state index in [0.29, 0.717) is 12.2 Å². The van der Waals surface area contributed by atoms with E-state index in [2.05, 4.69) is 5.10 Å². The largest absolute Gasteiger partial charge is 0.480 e. The zero-order valence-corrected chi connectivity index (χ0v) is 9.62. The summed E-state index contributed by atoms with van der Waals surface area (Å²) < 4.78 is 1.71. The van der Waals surface area contributed by atoms with Crippen LogP contribution < -0.4 is 5.73 Å². The van der Waals surface area contributed by atoms with Gasteiger partial charge < -0.3 is 10.8 Å². The molecule has 0 spiro atoms. The number of nitrogens with two attached hydrogens (primary N) is 1. The van der Waals surface area contributed by atoms with Gasteiger partial charge in [-0.15, -0.1) is 11.8 Å². The molecule has 0 aliphatic heterocycles. The molecule has 0 fully saturated rings. The lowest BCUT2D eigenvalue weighted by Gasteiger charge is -2.17. The van der Waals surface area contributed by atoms with E-state index in [4.69, 9.17) is 10.8 Å². The van der Waals surface area contributed by atoms with Crippen molar-refractivity contribution in [1.29, 1.82) is 0 Å². The van der Waals surface area contributed by atoms with Crippen LogP contribution in [0.25, 0.3) is 0 Å². The Bertz CT molecular complexity index is 349. The van der Waals surface area contributed by atoms with Crippen molar-refractivity contribution in [2.45, 2.75) is 23.8 Å². The summed E-state index contributed by atoms with van der Waals surface area (Å²) in [5.41, 5.74) is 4.45. The van der Waals surface area contributed by atoms with Crippen LogP contribution >= 0.6 is 11.8 Å². The number of carboxylic acids is 1. The van der Waals surface area contributed by atoms with E-state index in [1.807, 2.05) is 13.2 Å². The van der Waals surface area contributed by atoms with Gasteiger partial charge >= 0.3 is 5.97 Å². The maximum atomic E-state index is 10.7. The fourth-order valence-corrected chi connectivity index (χ4v) is 2.07. The summed E-state index contributed by atoms with van der Waals surface area (Å²) >= 11 is 1.56. The molecule has 3 N–H and O–H groups in total. The molecule has 0 radical (unpaired) electrons. The third kappa shape index (κ3) is 3.56.